The van der Waals surface area contributed by atoms with Gasteiger partial charge in [-0.1, -0.05) is 18.5 Å². The van der Waals surface area contributed by atoms with Crippen LogP contribution in [0, 0.1) is 0 Å². The monoisotopic (exact) mass is 481 g/mol. The highest BCUT2D eigenvalue weighted by Crippen LogP contribution is 2.15. The van der Waals surface area contributed by atoms with Crippen molar-refractivity contribution in [2.24, 2.45) is 0 Å². The van der Waals surface area contributed by atoms with Crippen molar-refractivity contribution in [1.82, 2.24) is 24.1 Å². The van der Waals surface area contributed by atoms with E-state index >= 15 is 0 Å². The molecule has 10 heteroatoms. The van der Waals surface area contributed by atoms with Gasteiger partial charge in [-0.05, 0) is 62.7 Å². The summed E-state index contributed by atoms with van der Waals surface area (Å²) in [5, 5.41) is 7.91. The fraction of sp³-hybridized carbons (Fsp3) is 0.292. The summed E-state index contributed by atoms with van der Waals surface area (Å²) >= 11 is 5.89. The molecule has 0 atom stereocenters. The van der Waals surface area contributed by atoms with Crippen LogP contribution in [0.4, 0.5) is 0 Å². The first kappa shape index (κ1) is 23.4. The summed E-state index contributed by atoms with van der Waals surface area (Å²) in [5.41, 5.74) is 0.0673. The Hall–Kier alpha value is -3.72. The summed E-state index contributed by atoms with van der Waals surface area (Å²) in [4.78, 5) is 51.9. The van der Waals surface area contributed by atoms with Crippen LogP contribution in [0.25, 0.3) is 16.7 Å². The number of fused-ring (bicyclic) bond motifs is 3. The van der Waals surface area contributed by atoms with Crippen molar-refractivity contribution in [3.8, 4) is 0 Å². The molecule has 0 saturated heterocycles. The highest BCUT2D eigenvalue weighted by Gasteiger charge is 2.20. The quantitative estimate of drug-likeness (QED) is 0.408. The van der Waals surface area contributed by atoms with E-state index in [1.807, 2.05) is 20.8 Å². The maximum absolute atomic E-state index is 13.4. The van der Waals surface area contributed by atoms with Crippen LogP contribution in [0.3, 0.4) is 0 Å². The molecule has 2 aromatic heterocycles. The molecule has 9 nitrogen and oxygen atoms in total. The first-order valence-corrected chi connectivity index (χ1v) is 11.3. The van der Waals surface area contributed by atoms with E-state index in [0.29, 0.717) is 29.1 Å². The Bertz CT molecular complexity index is 1530. The largest absolute Gasteiger partial charge is 0.352 e. The van der Waals surface area contributed by atoms with Gasteiger partial charge in [-0.25, -0.2) is 13.9 Å². The van der Waals surface area contributed by atoms with E-state index in [9.17, 15) is 19.2 Å². The number of nitrogens with one attached hydrogen (secondary N) is 1. The summed E-state index contributed by atoms with van der Waals surface area (Å²) in [5.74, 6) is -0.524. The van der Waals surface area contributed by atoms with Gasteiger partial charge < -0.3 is 5.32 Å². The third-order valence-corrected chi connectivity index (χ3v) is 5.62. The lowest BCUT2D eigenvalue weighted by molar-refractivity contribution is 0.0940. The van der Waals surface area contributed by atoms with Gasteiger partial charge in [0.1, 0.15) is 6.54 Å². The van der Waals surface area contributed by atoms with Crippen LogP contribution in [-0.2, 0) is 13.1 Å². The first-order valence-electron chi connectivity index (χ1n) is 11.0. The number of benzene rings is 2. The number of hydrogen-bond donors (Lipinski definition) is 1. The summed E-state index contributed by atoms with van der Waals surface area (Å²) in [6.45, 7) is 5.62. The van der Waals surface area contributed by atoms with Crippen molar-refractivity contribution in [1.29, 1.82) is 0 Å². The molecule has 2 heterocycles. The number of aryl methyl sites for hydroxylation is 1. The molecule has 1 amide bonds. The molecule has 1 N–H and O–H groups in total. The second-order valence-corrected chi connectivity index (χ2v) is 8.76. The number of Topliss-reactive ketones (excluding diaryl/α,β-unsaturated/α-hetero) is 1. The number of aromatic nitrogens is 4. The van der Waals surface area contributed by atoms with Gasteiger partial charge in [0.25, 0.3) is 11.5 Å². The molecule has 4 aromatic rings. The Labute approximate surface area is 199 Å². The molecule has 0 unspecified atom stereocenters. The molecule has 0 spiro atoms. The van der Waals surface area contributed by atoms with Gasteiger partial charge in [-0.15, -0.1) is 5.10 Å². The van der Waals surface area contributed by atoms with E-state index in [-0.39, 0.29) is 46.5 Å². The first-order chi connectivity index (χ1) is 16.2. The highest BCUT2D eigenvalue weighted by molar-refractivity contribution is 6.30. The fourth-order valence-corrected chi connectivity index (χ4v) is 3.92. The van der Waals surface area contributed by atoms with E-state index in [0.717, 1.165) is 4.68 Å². The number of rotatable bonds is 7. The lowest BCUT2D eigenvalue weighted by Gasteiger charge is -2.11. The molecule has 0 fully saturated rings. The van der Waals surface area contributed by atoms with E-state index in [1.165, 1.54) is 15.0 Å². The molecule has 176 valence electrons. The number of ketones is 1. The van der Waals surface area contributed by atoms with Crippen LogP contribution in [-0.4, -0.2) is 36.5 Å². The van der Waals surface area contributed by atoms with Crippen molar-refractivity contribution in [2.75, 3.05) is 0 Å². The second-order valence-electron chi connectivity index (χ2n) is 8.32. The topological polar surface area (TPSA) is 107 Å². The van der Waals surface area contributed by atoms with Crippen molar-refractivity contribution >= 4 is 40.0 Å². The second kappa shape index (κ2) is 9.26. The average molecular weight is 482 g/mol. The maximum Gasteiger partial charge on any atom is 0.352 e. The number of hydrogen-bond acceptors (Lipinski definition) is 5. The normalized spacial score (nSPS) is 11.4. The van der Waals surface area contributed by atoms with Gasteiger partial charge in [0.2, 0.25) is 5.78 Å². The zero-order chi connectivity index (χ0) is 24.6. The van der Waals surface area contributed by atoms with Crippen molar-refractivity contribution < 1.29 is 9.59 Å². The minimum absolute atomic E-state index is 0.0786. The highest BCUT2D eigenvalue weighted by atomic mass is 35.5. The molecular weight excluding hydrogens is 458 g/mol. The zero-order valence-electron chi connectivity index (χ0n) is 19.0. The van der Waals surface area contributed by atoms with Gasteiger partial charge in [-0.2, -0.15) is 0 Å². The summed E-state index contributed by atoms with van der Waals surface area (Å²) < 4.78 is 3.74. The number of amides is 1. The standard InChI is InChI=1S/C24H24ClN5O4/c1-4-11-28-22(33)18-10-7-16(21(32)26-14(2)3)12-19(18)30-23(28)27-29(24(30)34)13-20(31)15-5-8-17(25)9-6-15/h5-10,12,14H,4,11,13H2,1-3H3,(H,26,32). The molecular formula is C24H24ClN5O4. The van der Waals surface area contributed by atoms with Gasteiger partial charge in [0, 0.05) is 28.7 Å². The van der Waals surface area contributed by atoms with Crippen LogP contribution < -0.4 is 16.6 Å². The smallest absolute Gasteiger partial charge is 0.350 e. The van der Waals surface area contributed by atoms with Crippen LogP contribution in [0.1, 0.15) is 47.9 Å². The molecule has 0 radical (unpaired) electrons. The Balaban J connectivity index is 1.91. The molecule has 0 aliphatic heterocycles. The minimum atomic E-state index is -0.575. The Morgan fingerprint density at radius 1 is 1.06 bits per heavy atom. The zero-order valence-corrected chi connectivity index (χ0v) is 19.8. The average Bonchev–Trinajstić information content (AvgIpc) is 3.12. The van der Waals surface area contributed by atoms with Crippen LogP contribution in [0.15, 0.2) is 52.1 Å². The van der Waals surface area contributed by atoms with E-state index in [1.54, 1.807) is 36.4 Å². The van der Waals surface area contributed by atoms with Crippen LogP contribution in [0.2, 0.25) is 5.02 Å². The number of halogens is 1. The number of nitrogens with zero attached hydrogens (tertiary/aromatic N) is 4. The third kappa shape index (κ3) is 4.26. The molecule has 0 aliphatic rings. The minimum Gasteiger partial charge on any atom is -0.350 e. The summed E-state index contributed by atoms with van der Waals surface area (Å²) in [7, 11) is 0. The fourth-order valence-electron chi connectivity index (χ4n) is 3.79. The lowest BCUT2D eigenvalue weighted by Crippen LogP contribution is -2.31. The van der Waals surface area contributed by atoms with Crippen molar-refractivity contribution in [3.63, 3.8) is 0 Å². The van der Waals surface area contributed by atoms with Crippen LogP contribution >= 0.6 is 11.6 Å². The molecule has 2 aromatic carbocycles. The Kier molecular flexibility index (Phi) is 6.39. The molecule has 34 heavy (non-hydrogen) atoms. The Morgan fingerprint density at radius 3 is 2.38 bits per heavy atom. The van der Waals surface area contributed by atoms with Gasteiger partial charge >= 0.3 is 5.69 Å². The molecule has 0 aliphatic carbocycles. The molecule has 0 bridgehead atoms. The van der Waals surface area contributed by atoms with Crippen molar-refractivity contribution in [2.45, 2.75) is 46.3 Å². The predicted molar refractivity (Wildman–Crippen MR) is 130 cm³/mol. The third-order valence-electron chi connectivity index (χ3n) is 5.37. The van der Waals surface area contributed by atoms with Gasteiger partial charge in [0.15, 0.2) is 5.78 Å². The predicted octanol–water partition coefficient (Wildman–Crippen LogP) is 2.90. The van der Waals surface area contributed by atoms with Crippen LogP contribution in [0.5, 0.6) is 0 Å². The van der Waals surface area contributed by atoms with E-state index in [2.05, 4.69) is 10.4 Å². The SMILES string of the molecule is CCCn1c(=O)c2ccc(C(=O)NC(C)C)cc2n2c(=O)n(CC(=O)c3ccc(Cl)cc3)nc12. The van der Waals surface area contributed by atoms with E-state index < -0.39 is 5.69 Å². The van der Waals surface area contributed by atoms with Gasteiger partial charge in [0.05, 0.1) is 10.9 Å². The maximum atomic E-state index is 13.4. The lowest BCUT2D eigenvalue weighted by atomic mass is 10.1. The molecule has 4 rings (SSSR count). The van der Waals surface area contributed by atoms with E-state index in [4.69, 9.17) is 11.6 Å². The summed E-state index contributed by atoms with van der Waals surface area (Å²) in [6, 6.07) is 10.9. The number of carbonyl (C=O) groups is 2. The summed E-state index contributed by atoms with van der Waals surface area (Å²) in [6.07, 6.45) is 0.640. The Morgan fingerprint density at radius 2 is 1.74 bits per heavy atom. The van der Waals surface area contributed by atoms with Gasteiger partial charge in [-0.3, -0.25) is 19.0 Å². The molecule has 0 saturated carbocycles. The van der Waals surface area contributed by atoms with Crippen molar-refractivity contribution in [3.05, 3.63) is 79.5 Å². The number of carbonyl (C=O) groups excluding carboxylic acids is 2.